The molecular formula is C15H34O5Si3. The molecule has 23 heavy (non-hydrogen) atoms. The number of carbonyl (C=O) groups is 1. The zero-order valence-electron chi connectivity index (χ0n) is 16.4. The lowest BCUT2D eigenvalue weighted by atomic mass is 9.99. The summed E-state index contributed by atoms with van der Waals surface area (Å²) in [4.78, 5) is 12.6. The molecule has 1 heterocycles. The quantitative estimate of drug-likeness (QED) is 0.500. The molecule has 0 unspecified atom stereocenters. The maximum Gasteiger partial charge on any atom is 0.340 e. The van der Waals surface area contributed by atoms with Crippen molar-refractivity contribution < 1.29 is 22.8 Å². The average molecular weight is 379 g/mol. The Bertz CT molecular complexity index is 436. The van der Waals surface area contributed by atoms with Crippen LogP contribution in [0.5, 0.6) is 0 Å². The van der Waals surface area contributed by atoms with Crippen LogP contribution in [-0.4, -0.2) is 55.3 Å². The van der Waals surface area contributed by atoms with E-state index in [1.54, 1.807) is 0 Å². The van der Waals surface area contributed by atoms with Gasteiger partial charge in [-0.2, -0.15) is 0 Å². The molecule has 1 saturated heterocycles. The van der Waals surface area contributed by atoms with Crippen LogP contribution in [0.1, 0.15) is 6.92 Å². The Kier molecular flexibility index (Phi) is 6.15. The Balaban J connectivity index is 3.06. The van der Waals surface area contributed by atoms with Gasteiger partial charge in [0.15, 0.2) is 36.7 Å². The largest absolute Gasteiger partial charge is 0.455 e. The Morgan fingerprint density at radius 2 is 1.48 bits per heavy atom. The van der Waals surface area contributed by atoms with Crippen LogP contribution in [0.15, 0.2) is 0 Å². The van der Waals surface area contributed by atoms with Crippen LogP contribution in [0, 0.1) is 0 Å². The van der Waals surface area contributed by atoms with Crippen LogP contribution in [0.2, 0.25) is 58.9 Å². The molecule has 5 nitrogen and oxygen atoms in total. The van der Waals surface area contributed by atoms with Crippen molar-refractivity contribution in [3.63, 3.8) is 0 Å². The predicted octanol–water partition coefficient (Wildman–Crippen LogP) is 3.59. The third-order valence-corrected chi connectivity index (χ3v) is 6.25. The first-order valence-corrected chi connectivity index (χ1v) is 18.5. The number of carbonyl (C=O) groups excluding carboxylic acids is 1. The minimum Gasteiger partial charge on any atom is -0.455 e. The molecule has 0 amide bonds. The summed E-state index contributed by atoms with van der Waals surface area (Å²) in [6.45, 7) is 21.1. The predicted molar refractivity (Wildman–Crippen MR) is 100 cm³/mol. The first-order valence-electron chi connectivity index (χ1n) is 8.27. The van der Waals surface area contributed by atoms with Gasteiger partial charge in [-0.15, -0.1) is 0 Å². The fraction of sp³-hybridized carbons (Fsp3) is 0.933. The van der Waals surface area contributed by atoms with Crippen LogP contribution in [0.3, 0.4) is 0 Å². The summed E-state index contributed by atoms with van der Waals surface area (Å²) in [6.07, 6.45) is -0.813. The number of cyclic esters (lactones) is 1. The molecule has 8 heteroatoms. The van der Waals surface area contributed by atoms with Gasteiger partial charge >= 0.3 is 5.97 Å². The maximum absolute atomic E-state index is 12.6. The van der Waals surface area contributed by atoms with E-state index in [0.29, 0.717) is 6.61 Å². The van der Waals surface area contributed by atoms with Gasteiger partial charge in [0.1, 0.15) is 6.10 Å². The lowest BCUT2D eigenvalue weighted by Crippen LogP contribution is -2.56. The Morgan fingerprint density at radius 1 is 0.957 bits per heavy atom. The van der Waals surface area contributed by atoms with E-state index in [4.69, 9.17) is 18.0 Å². The van der Waals surface area contributed by atoms with Crippen molar-refractivity contribution in [2.75, 3.05) is 6.61 Å². The highest BCUT2D eigenvalue weighted by Crippen LogP contribution is 2.36. The zero-order chi connectivity index (χ0) is 18.3. The van der Waals surface area contributed by atoms with Crippen LogP contribution in [0.4, 0.5) is 0 Å². The van der Waals surface area contributed by atoms with E-state index in [9.17, 15) is 4.79 Å². The van der Waals surface area contributed by atoms with Gasteiger partial charge < -0.3 is 18.0 Å². The molecule has 1 rings (SSSR count). The second-order valence-electron chi connectivity index (χ2n) is 9.34. The smallest absolute Gasteiger partial charge is 0.340 e. The van der Waals surface area contributed by atoms with E-state index in [1.165, 1.54) is 0 Å². The summed E-state index contributed by atoms with van der Waals surface area (Å²) < 4.78 is 24.2. The summed E-state index contributed by atoms with van der Waals surface area (Å²) in [7, 11) is -5.51. The van der Waals surface area contributed by atoms with Crippen molar-refractivity contribution >= 4 is 30.9 Å². The number of hydrogen-bond donors (Lipinski definition) is 0. The first kappa shape index (κ1) is 21.0. The Hall–Kier alpha value is 0.000649. The monoisotopic (exact) mass is 378 g/mol. The van der Waals surface area contributed by atoms with Crippen molar-refractivity contribution in [2.24, 2.45) is 0 Å². The summed E-state index contributed by atoms with van der Waals surface area (Å²) in [5, 5.41) is 0. The first-order chi connectivity index (χ1) is 10.0. The lowest BCUT2D eigenvalue weighted by molar-refractivity contribution is -0.153. The molecular weight excluding hydrogens is 344 g/mol. The molecule has 0 aliphatic carbocycles. The molecule has 0 aromatic carbocycles. The highest BCUT2D eigenvalue weighted by Gasteiger charge is 2.58. The van der Waals surface area contributed by atoms with Gasteiger partial charge in [-0.25, -0.2) is 4.79 Å². The van der Waals surface area contributed by atoms with Crippen LogP contribution in [0.25, 0.3) is 0 Å². The molecule has 0 saturated carbocycles. The molecule has 0 bridgehead atoms. The van der Waals surface area contributed by atoms with Gasteiger partial charge in [0.2, 0.25) is 0 Å². The normalized spacial score (nSPS) is 29.7. The van der Waals surface area contributed by atoms with Crippen molar-refractivity contribution in [2.45, 2.75) is 83.7 Å². The Labute approximate surface area is 144 Å². The van der Waals surface area contributed by atoms with E-state index >= 15 is 0 Å². The third kappa shape index (κ3) is 6.43. The fourth-order valence-electron chi connectivity index (χ4n) is 2.55. The second kappa shape index (κ2) is 6.72. The van der Waals surface area contributed by atoms with Crippen LogP contribution in [-0.2, 0) is 22.8 Å². The zero-order valence-corrected chi connectivity index (χ0v) is 19.4. The van der Waals surface area contributed by atoms with Crippen molar-refractivity contribution in [1.82, 2.24) is 0 Å². The third-order valence-electron chi connectivity index (χ3n) is 3.22. The number of ether oxygens (including phenoxy) is 1. The van der Waals surface area contributed by atoms with E-state index in [0.717, 1.165) is 0 Å². The van der Waals surface area contributed by atoms with Gasteiger partial charge in [-0.3, -0.25) is 0 Å². The SMILES string of the molecule is C[C@]1(O[Si](C)(C)C)C(=O)O[C@H](CO[Si](C)(C)C)[C@@H]1O[Si](C)(C)C. The highest BCUT2D eigenvalue weighted by atomic mass is 28.4. The summed E-state index contributed by atoms with van der Waals surface area (Å²) >= 11 is 0. The van der Waals surface area contributed by atoms with Crippen molar-refractivity contribution in [3.05, 3.63) is 0 Å². The van der Waals surface area contributed by atoms with Gasteiger partial charge in [0.25, 0.3) is 0 Å². The van der Waals surface area contributed by atoms with E-state index in [-0.39, 0.29) is 5.97 Å². The number of esters is 1. The van der Waals surface area contributed by atoms with Gasteiger partial charge in [-0.05, 0) is 65.8 Å². The van der Waals surface area contributed by atoms with Crippen LogP contribution < -0.4 is 0 Å². The molecule has 0 N–H and O–H groups in total. The topological polar surface area (TPSA) is 54.0 Å². The van der Waals surface area contributed by atoms with Gasteiger partial charge in [0.05, 0.1) is 6.61 Å². The van der Waals surface area contributed by atoms with E-state index in [2.05, 4.69) is 58.9 Å². The van der Waals surface area contributed by atoms with E-state index < -0.39 is 42.8 Å². The molecule has 0 aromatic rings. The van der Waals surface area contributed by atoms with Gasteiger partial charge in [-0.1, -0.05) is 0 Å². The molecule has 1 fully saturated rings. The molecule has 0 spiro atoms. The molecule has 136 valence electrons. The molecule has 0 aromatic heterocycles. The maximum atomic E-state index is 12.6. The number of hydrogen-bond acceptors (Lipinski definition) is 5. The molecule has 0 radical (unpaired) electrons. The molecule has 1 aliphatic rings. The summed E-state index contributed by atoms with van der Waals surface area (Å²) in [5.41, 5.74) is -1.04. The standard InChI is InChI=1S/C15H34O5Si3/c1-15(20-23(8,9)10)13(19-22(5,6)7)12(18-14(15)16)11-17-21(2,3)4/h12-13H,11H2,1-10H3/t12-,13+,15-/m1/s1. The minimum atomic E-state index is -1.94. The average Bonchev–Trinajstić information content (AvgIpc) is 2.46. The molecule has 1 aliphatic heterocycles. The second-order valence-corrected chi connectivity index (χ2v) is 22.7. The highest BCUT2D eigenvalue weighted by molar-refractivity contribution is 6.70. The Morgan fingerprint density at radius 3 is 1.87 bits per heavy atom. The minimum absolute atomic E-state index is 0.327. The lowest BCUT2D eigenvalue weighted by Gasteiger charge is -2.38. The van der Waals surface area contributed by atoms with Crippen molar-refractivity contribution in [3.8, 4) is 0 Å². The fourth-order valence-corrected chi connectivity index (χ4v) is 5.82. The van der Waals surface area contributed by atoms with Gasteiger partial charge in [0, 0.05) is 0 Å². The summed E-state index contributed by atoms with van der Waals surface area (Å²) in [5.74, 6) is -0.327. The van der Waals surface area contributed by atoms with Crippen molar-refractivity contribution in [1.29, 1.82) is 0 Å². The summed E-state index contributed by atoms with van der Waals surface area (Å²) in [6, 6.07) is 0. The van der Waals surface area contributed by atoms with Crippen LogP contribution >= 0.6 is 0 Å². The number of rotatable bonds is 7. The molecule has 3 atom stereocenters. The van der Waals surface area contributed by atoms with E-state index in [1.807, 2.05) is 6.92 Å².